The number of hydrogen-bond donors (Lipinski definition) is 1. The number of carbonyl (C=O) groups is 1. The monoisotopic (exact) mass is 297 g/mol. The van der Waals surface area contributed by atoms with Gasteiger partial charge in [0.05, 0.1) is 12.3 Å². The van der Waals surface area contributed by atoms with Crippen LogP contribution in [-0.4, -0.2) is 44.9 Å². The summed E-state index contributed by atoms with van der Waals surface area (Å²) in [6.45, 7) is 2.23. The van der Waals surface area contributed by atoms with E-state index in [9.17, 15) is 4.79 Å². The zero-order valence-electron chi connectivity index (χ0n) is 11.8. The summed E-state index contributed by atoms with van der Waals surface area (Å²) in [6, 6.07) is 0.268. The van der Waals surface area contributed by atoms with E-state index in [0.29, 0.717) is 11.7 Å². The summed E-state index contributed by atoms with van der Waals surface area (Å²) in [5.74, 6) is -0.0805. The van der Waals surface area contributed by atoms with E-state index in [1.54, 1.807) is 22.7 Å². The average Bonchev–Trinajstić information content (AvgIpc) is 2.58. The van der Waals surface area contributed by atoms with Crippen LogP contribution >= 0.6 is 11.6 Å². The lowest BCUT2D eigenvalue weighted by molar-refractivity contribution is -0.130. The highest BCUT2D eigenvalue weighted by Gasteiger charge is 2.27. The van der Waals surface area contributed by atoms with E-state index in [1.807, 2.05) is 6.92 Å². The molecule has 1 saturated carbocycles. The third-order valence-corrected chi connectivity index (χ3v) is 4.18. The van der Waals surface area contributed by atoms with Gasteiger partial charge in [-0.15, -0.1) is 0 Å². The average molecular weight is 298 g/mol. The summed E-state index contributed by atoms with van der Waals surface area (Å²) in [4.78, 5) is 14.0. The molecule has 0 bridgehead atoms. The van der Waals surface area contributed by atoms with Crippen molar-refractivity contribution in [3.05, 3.63) is 22.5 Å². The molecule has 1 heterocycles. The summed E-state index contributed by atoms with van der Waals surface area (Å²) in [5.41, 5.74) is 1.55. The number of rotatable bonds is 5. The second-order valence-electron chi connectivity index (χ2n) is 5.09. The normalized spacial score (nSPS) is 15.6. The first kappa shape index (κ1) is 15.1. The lowest BCUT2D eigenvalue weighted by atomic mass is 9.91. The first-order valence-electron chi connectivity index (χ1n) is 6.83. The number of amides is 1. The highest BCUT2D eigenvalue weighted by Crippen LogP contribution is 2.25. The van der Waals surface area contributed by atoms with E-state index >= 15 is 0 Å². The van der Waals surface area contributed by atoms with Crippen LogP contribution in [0.4, 0.5) is 0 Å². The maximum Gasteiger partial charge on any atom is 0.246 e. The summed E-state index contributed by atoms with van der Waals surface area (Å²) in [7, 11) is 1.76. The molecule has 1 aliphatic carbocycles. The molecule has 1 amide bonds. The number of aromatic nitrogens is 2. The molecule has 1 aliphatic rings. The van der Waals surface area contributed by atoms with Gasteiger partial charge >= 0.3 is 0 Å². The van der Waals surface area contributed by atoms with Gasteiger partial charge in [-0.1, -0.05) is 11.6 Å². The molecule has 0 aromatic carbocycles. The van der Waals surface area contributed by atoms with Crippen molar-refractivity contribution in [1.82, 2.24) is 14.7 Å². The van der Waals surface area contributed by atoms with Crippen molar-refractivity contribution in [3.8, 4) is 0 Å². The SMILES string of the molecule is Cc1nn(C)c(Cl)c1/C=C/C(=O)N(CCO)C1CCC1. The minimum absolute atomic E-state index is 0.0112. The fourth-order valence-electron chi connectivity index (χ4n) is 2.36. The van der Waals surface area contributed by atoms with Crippen LogP contribution in [0.3, 0.4) is 0 Å². The Morgan fingerprint density at radius 1 is 1.60 bits per heavy atom. The van der Waals surface area contributed by atoms with Crippen LogP contribution in [0.1, 0.15) is 30.5 Å². The van der Waals surface area contributed by atoms with Crippen LogP contribution in [0.25, 0.3) is 6.08 Å². The maximum absolute atomic E-state index is 12.2. The molecule has 5 nitrogen and oxygen atoms in total. The zero-order valence-corrected chi connectivity index (χ0v) is 12.6. The lowest BCUT2D eigenvalue weighted by Gasteiger charge is -2.36. The van der Waals surface area contributed by atoms with E-state index in [-0.39, 0.29) is 18.6 Å². The Kier molecular flexibility index (Phi) is 4.83. The second kappa shape index (κ2) is 6.41. The number of nitrogens with zero attached hydrogens (tertiary/aromatic N) is 3. The van der Waals surface area contributed by atoms with Gasteiger partial charge in [0.25, 0.3) is 0 Å². The fraction of sp³-hybridized carbons (Fsp3) is 0.571. The van der Waals surface area contributed by atoms with Gasteiger partial charge < -0.3 is 10.0 Å². The minimum atomic E-state index is -0.0805. The Balaban J connectivity index is 2.10. The molecule has 110 valence electrons. The molecule has 1 aromatic rings. The Morgan fingerprint density at radius 2 is 2.30 bits per heavy atom. The number of halogens is 1. The highest BCUT2D eigenvalue weighted by molar-refractivity contribution is 6.31. The van der Waals surface area contributed by atoms with Crippen molar-refractivity contribution in [1.29, 1.82) is 0 Å². The smallest absolute Gasteiger partial charge is 0.246 e. The number of aliphatic hydroxyl groups excluding tert-OH is 1. The van der Waals surface area contributed by atoms with Crippen LogP contribution in [0.2, 0.25) is 5.15 Å². The van der Waals surface area contributed by atoms with Gasteiger partial charge in [-0.25, -0.2) is 0 Å². The molecule has 0 atom stereocenters. The van der Waals surface area contributed by atoms with Gasteiger partial charge in [0.15, 0.2) is 0 Å². The van der Waals surface area contributed by atoms with E-state index in [1.165, 1.54) is 6.08 Å². The van der Waals surface area contributed by atoms with Crippen LogP contribution in [0.15, 0.2) is 6.08 Å². The Morgan fingerprint density at radius 3 is 2.75 bits per heavy atom. The number of aliphatic hydroxyl groups is 1. The third-order valence-electron chi connectivity index (χ3n) is 3.73. The van der Waals surface area contributed by atoms with Crippen LogP contribution < -0.4 is 0 Å². The van der Waals surface area contributed by atoms with Gasteiger partial charge in [-0.2, -0.15) is 5.10 Å². The molecular weight excluding hydrogens is 278 g/mol. The zero-order chi connectivity index (χ0) is 14.7. The molecule has 0 aliphatic heterocycles. The number of aryl methyl sites for hydroxylation is 2. The van der Waals surface area contributed by atoms with Gasteiger partial charge in [0, 0.05) is 31.3 Å². The third kappa shape index (κ3) is 3.04. The van der Waals surface area contributed by atoms with E-state index < -0.39 is 0 Å². The van der Waals surface area contributed by atoms with Gasteiger partial charge in [-0.05, 0) is 32.3 Å². The Bertz CT molecular complexity index is 521. The van der Waals surface area contributed by atoms with Crippen molar-refractivity contribution in [3.63, 3.8) is 0 Å². The molecule has 0 saturated heterocycles. The van der Waals surface area contributed by atoms with Crippen LogP contribution in [0.5, 0.6) is 0 Å². The molecule has 0 spiro atoms. The lowest BCUT2D eigenvalue weighted by Crippen LogP contribution is -2.44. The van der Waals surface area contributed by atoms with Gasteiger partial charge in [0.1, 0.15) is 5.15 Å². The van der Waals surface area contributed by atoms with E-state index in [2.05, 4.69) is 5.10 Å². The van der Waals surface area contributed by atoms with Gasteiger partial charge in [-0.3, -0.25) is 9.48 Å². The second-order valence-corrected chi connectivity index (χ2v) is 5.44. The Hall–Kier alpha value is -1.33. The standard InChI is InChI=1S/C14H20ClN3O2/c1-10-12(14(15)17(2)16-10)6-7-13(20)18(8-9-19)11-4-3-5-11/h6-7,11,19H,3-5,8-9H2,1-2H3/b7-6+. The highest BCUT2D eigenvalue weighted by atomic mass is 35.5. The molecule has 6 heteroatoms. The molecule has 1 fully saturated rings. The predicted molar refractivity (Wildman–Crippen MR) is 78.4 cm³/mol. The van der Waals surface area contributed by atoms with Crippen molar-refractivity contribution in [2.45, 2.75) is 32.2 Å². The minimum Gasteiger partial charge on any atom is -0.395 e. The topological polar surface area (TPSA) is 58.4 Å². The van der Waals surface area contributed by atoms with Crippen molar-refractivity contribution in [2.75, 3.05) is 13.2 Å². The predicted octanol–water partition coefficient (Wildman–Crippen LogP) is 1.77. The molecular formula is C14H20ClN3O2. The fourth-order valence-corrected chi connectivity index (χ4v) is 2.60. The maximum atomic E-state index is 12.2. The molecule has 0 radical (unpaired) electrons. The van der Waals surface area contributed by atoms with Crippen LogP contribution in [-0.2, 0) is 11.8 Å². The number of carbonyl (C=O) groups excluding carboxylic acids is 1. The van der Waals surface area contributed by atoms with E-state index in [0.717, 1.165) is 30.5 Å². The largest absolute Gasteiger partial charge is 0.395 e. The first-order chi connectivity index (χ1) is 9.54. The summed E-state index contributed by atoms with van der Waals surface area (Å²) >= 11 is 6.12. The van der Waals surface area contributed by atoms with Gasteiger partial charge in [0.2, 0.25) is 5.91 Å². The number of hydrogen-bond acceptors (Lipinski definition) is 3. The van der Waals surface area contributed by atoms with E-state index in [4.69, 9.17) is 16.7 Å². The van der Waals surface area contributed by atoms with Crippen molar-refractivity contribution >= 4 is 23.6 Å². The quantitative estimate of drug-likeness (QED) is 0.843. The Labute approximate surface area is 123 Å². The van der Waals surface area contributed by atoms with Crippen LogP contribution in [0, 0.1) is 6.92 Å². The summed E-state index contributed by atoms with van der Waals surface area (Å²) < 4.78 is 1.58. The van der Waals surface area contributed by atoms with Crippen molar-refractivity contribution < 1.29 is 9.90 Å². The van der Waals surface area contributed by atoms with Crippen molar-refractivity contribution in [2.24, 2.45) is 7.05 Å². The summed E-state index contributed by atoms with van der Waals surface area (Å²) in [6.07, 6.45) is 6.41. The molecule has 20 heavy (non-hydrogen) atoms. The first-order valence-corrected chi connectivity index (χ1v) is 7.21. The summed E-state index contributed by atoms with van der Waals surface area (Å²) in [5, 5.41) is 13.8. The molecule has 2 rings (SSSR count). The molecule has 1 N–H and O–H groups in total. The molecule has 0 unspecified atom stereocenters. The molecule has 1 aromatic heterocycles.